The summed E-state index contributed by atoms with van der Waals surface area (Å²) in [6.45, 7) is 2.35. The Balaban J connectivity index is 2.21. The lowest BCUT2D eigenvalue weighted by molar-refractivity contribution is -0.120. The Bertz CT molecular complexity index is 99.4. The van der Waals surface area contributed by atoms with Crippen molar-refractivity contribution in [1.29, 1.82) is 0 Å². The zero-order valence-corrected chi connectivity index (χ0v) is 5.97. The molecule has 1 heterocycles. The van der Waals surface area contributed by atoms with Gasteiger partial charge in [0.2, 0.25) is 0 Å². The smallest absolute Gasteiger partial charge is 0.137 e. The van der Waals surface area contributed by atoms with Crippen LogP contribution < -0.4 is 0 Å². The Morgan fingerprint density at radius 3 is 1.90 bits per heavy atom. The summed E-state index contributed by atoms with van der Waals surface area (Å²) >= 11 is 0. The van der Waals surface area contributed by atoms with Crippen LogP contribution in [-0.2, 0) is 14.3 Å². The molecule has 3 nitrogen and oxygen atoms in total. The van der Waals surface area contributed by atoms with Crippen molar-refractivity contribution in [3.8, 4) is 0 Å². The number of rotatable bonds is 0. The van der Waals surface area contributed by atoms with E-state index in [0.717, 1.165) is 0 Å². The second-order valence-electron chi connectivity index (χ2n) is 2.26. The predicted octanol–water partition coefficient (Wildman–Crippen LogP) is 0.382. The van der Waals surface area contributed by atoms with E-state index < -0.39 is 0 Å². The molecule has 0 radical (unpaired) electrons. The summed E-state index contributed by atoms with van der Waals surface area (Å²) in [6, 6.07) is 0. The predicted molar refractivity (Wildman–Crippen MR) is 35.9 cm³/mol. The lowest BCUT2D eigenvalue weighted by Crippen LogP contribution is -2.03. The zero-order valence-electron chi connectivity index (χ0n) is 5.97. The molecule has 3 heteroatoms. The van der Waals surface area contributed by atoms with Gasteiger partial charge in [-0.3, -0.25) is 4.79 Å². The van der Waals surface area contributed by atoms with Gasteiger partial charge in [-0.25, -0.2) is 0 Å². The summed E-state index contributed by atoms with van der Waals surface area (Å²) in [4.78, 5) is 10.8. The highest BCUT2D eigenvalue weighted by Crippen LogP contribution is 1.95. The van der Waals surface area contributed by atoms with E-state index in [4.69, 9.17) is 9.47 Å². The molecule has 1 aliphatic heterocycles. The molecule has 0 aromatic carbocycles. The second kappa shape index (κ2) is 4.41. The van der Waals surface area contributed by atoms with Crippen molar-refractivity contribution in [1.82, 2.24) is 0 Å². The number of carbonyl (C=O) groups is 1. The van der Waals surface area contributed by atoms with Gasteiger partial charge in [0.15, 0.2) is 0 Å². The van der Waals surface area contributed by atoms with E-state index in [0.29, 0.717) is 39.3 Å². The summed E-state index contributed by atoms with van der Waals surface area (Å²) in [7, 11) is 0. The van der Waals surface area contributed by atoms with Gasteiger partial charge in [0.25, 0.3) is 0 Å². The normalized spacial score (nSPS) is 23.0. The van der Waals surface area contributed by atoms with Gasteiger partial charge < -0.3 is 9.47 Å². The van der Waals surface area contributed by atoms with Crippen molar-refractivity contribution in [2.24, 2.45) is 0 Å². The quantitative estimate of drug-likeness (QED) is 0.493. The van der Waals surface area contributed by atoms with Crippen molar-refractivity contribution in [2.75, 3.05) is 26.4 Å². The molecule has 0 aromatic rings. The molecule has 1 saturated heterocycles. The van der Waals surface area contributed by atoms with Crippen LogP contribution in [0.25, 0.3) is 0 Å². The van der Waals surface area contributed by atoms with Crippen LogP contribution in [0.15, 0.2) is 0 Å². The fourth-order valence-electron chi connectivity index (χ4n) is 0.819. The van der Waals surface area contributed by atoms with Crippen LogP contribution in [0.5, 0.6) is 0 Å². The van der Waals surface area contributed by atoms with E-state index in [1.165, 1.54) is 0 Å². The third-order valence-corrected chi connectivity index (χ3v) is 1.42. The maximum absolute atomic E-state index is 10.8. The van der Waals surface area contributed by atoms with Crippen LogP contribution in [0, 0.1) is 0 Å². The summed E-state index contributed by atoms with van der Waals surface area (Å²) in [5.74, 6) is 0.238. The average molecular weight is 144 g/mol. The molecule has 0 atom stereocenters. The van der Waals surface area contributed by atoms with Crippen molar-refractivity contribution < 1.29 is 14.3 Å². The fourth-order valence-corrected chi connectivity index (χ4v) is 0.819. The van der Waals surface area contributed by atoms with Gasteiger partial charge in [-0.05, 0) is 0 Å². The summed E-state index contributed by atoms with van der Waals surface area (Å²) in [6.07, 6.45) is 1.09. The lowest BCUT2D eigenvalue weighted by atomic mass is 10.2. The Morgan fingerprint density at radius 1 is 0.900 bits per heavy atom. The zero-order chi connectivity index (χ0) is 7.23. The standard InChI is InChI=1S/C7H12O3/c8-7-1-3-9-5-6-10-4-2-7/h1-6H2. The molecule has 1 fully saturated rings. The van der Waals surface area contributed by atoms with Gasteiger partial charge >= 0.3 is 0 Å². The highest BCUT2D eigenvalue weighted by molar-refractivity contribution is 5.78. The Morgan fingerprint density at radius 2 is 1.40 bits per heavy atom. The monoisotopic (exact) mass is 144 g/mol. The topological polar surface area (TPSA) is 35.5 Å². The van der Waals surface area contributed by atoms with E-state index >= 15 is 0 Å². The van der Waals surface area contributed by atoms with Gasteiger partial charge in [-0.1, -0.05) is 0 Å². The number of ketones is 1. The highest BCUT2D eigenvalue weighted by Gasteiger charge is 2.03. The molecule has 0 bridgehead atoms. The van der Waals surface area contributed by atoms with Gasteiger partial charge in [-0.15, -0.1) is 0 Å². The molecule has 1 aliphatic rings. The molecule has 0 saturated carbocycles. The number of hydrogen-bond acceptors (Lipinski definition) is 3. The van der Waals surface area contributed by atoms with Crippen LogP contribution in [0.3, 0.4) is 0 Å². The Kier molecular flexibility index (Phi) is 3.40. The first kappa shape index (κ1) is 7.69. The average Bonchev–Trinajstić information content (AvgIpc) is 2.02. The van der Waals surface area contributed by atoms with E-state index in [1.54, 1.807) is 0 Å². The van der Waals surface area contributed by atoms with E-state index in [1.807, 2.05) is 0 Å². The lowest BCUT2D eigenvalue weighted by Gasteiger charge is -1.98. The van der Waals surface area contributed by atoms with Crippen LogP contribution in [0.4, 0.5) is 0 Å². The van der Waals surface area contributed by atoms with E-state index in [-0.39, 0.29) is 5.78 Å². The van der Waals surface area contributed by atoms with Crippen LogP contribution in [-0.4, -0.2) is 32.2 Å². The minimum absolute atomic E-state index is 0.238. The maximum Gasteiger partial charge on any atom is 0.137 e. The first-order valence-electron chi connectivity index (χ1n) is 3.57. The molecule has 0 amide bonds. The van der Waals surface area contributed by atoms with Gasteiger partial charge in [-0.2, -0.15) is 0 Å². The number of carbonyl (C=O) groups excluding carboxylic acids is 1. The molecular formula is C7H12O3. The molecule has 0 spiro atoms. The van der Waals surface area contributed by atoms with Crippen LogP contribution in [0.2, 0.25) is 0 Å². The molecule has 0 N–H and O–H groups in total. The second-order valence-corrected chi connectivity index (χ2v) is 2.26. The van der Waals surface area contributed by atoms with Crippen LogP contribution in [0.1, 0.15) is 12.8 Å². The van der Waals surface area contributed by atoms with Gasteiger partial charge in [0.05, 0.1) is 26.4 Å². The summed E-state index contributed by atoms with van der Waals surface area (Å²) in [5, 5.41) is 0. The Labute approximate surface area is 60.3 Å². The van der Waals surface area contributed by atoms with E-state index in [2.05, 4.69) is 0 Å². The maximum atomic E-state index is 10.8. The Hall–Kier alpha value is -0.410. The van der Waals surface area contributed by atoms with Crippen molar-refractivity contribution in [2.45, 2.75) is 12.8 Å². The molecule has 0 aliphatic carbocycles. The molecule has 58 valence electrons. The minimum atomic E-state index is 0.238. The molecule has 0 aromatic heterocycles. The van der Waals surface area contributed by atoms with Crippen LogP contribution >= 0.6 is 0 Å². The van der Waals surface area contributed by atoms with Crippen molar-refractivity contribution in [3.05, 3.63) is 0 Å². The molecular weight excluding hydrogens is 132 g/mol. The number of ether oxygens (including phenoxy) is 2. The van der Waals surface area contributed by atoms with Gasteiger partial charge in [0, 0.05) is 12.8 Å². The molecule has 0 unspecified atom stereocenters. The third kappa shape index (κ3) is 2.94. The SMILES string of the molecule is O=C1CCOCCOCC1. The molecule has 10 heavy (non-hydrogen) atoms. The van der Waals surface area contributed by atoms with Gasteiger partial charge in [0.1, 0.15) is 5.78 Å². The number of Topliss-reactive ketones (excluding diaryl/α,β-unsaturated/α-hetero) is 1. The largest absolute Gasteiger partial charge is 0.379 e. The first-order chi connectivity index (χ1) is 4.89. The van der Waals surface area contributed by atoms with Crippen molar-refractivity contribution >= 4 is 5.78 Å². The fraction of sp³-hybridized carbons (Fsp3) is 0.857. The summed E-state index contributed by atoms with van der Waals surface area (Å²) < 4.78 is 10.2. The van der Waals surface area contributed by atoms with E-state index in [9.17, 15) is 4.79 Å². The highest BCUT2D eigenvalue weighted by atomic mass is 16.5. The third-order valence-electron chi connectivity index (χ3n) is 1.42. The minimum Gasteiger partial charge on any atom is -0.379 e. The summed E-state index contributed by atoms with van der Waals surface area (Å²) in [5.41, 5.74) is 0. The van der Waals surface area contributed by atoms with Crippen molar-refractivity contribution in [3.63, 3.8) is 0 Å². The number of hydrogen-bond donors (Lipinski definition) is 0. The molecule has 1 rings (SSSR count). The first-order valence-corrected chi connectivity index (χ1v) is 3.57.